The van der Waals surface area contributed by atoms with Crippen molar-refractivity contribution in [3.8, 4) is 0 Å². The molecule has 1 saturated heterocycles. The third-order valence-electron chi connectivity index (χ3n) is 3.78. The summed E-state index contributed by atoms with van der Waals surface area (Å²) in [6, 6.07) is 13.5. The third kappa shape index (κ3) is 2.20. The summed E-state index contributed by atoms with van der Waals surface area (Å²) in [6.07, 6.45) is -3.98. The molecule has 0 aliphatic carbocycles. The second-order valence-corrected chi connectivity index (χ2v) is 5.05. The number of ether oxygens (including phenoxy) is 2. The van der Waals surface area contributed by atoms with Gasteiger partial charge in [0.15, 0.2) is 6.17 Å². The highest BCUT2D eigenvalue weighted by atomic mass is 19.1. The molecule has 3 nitrogen and oxygen atoms in total. The quantitative estimate of drug-likeness (QED) is 0.936. The van der Waals surface area contributed by atoms with E-state index < -0.39 is 24.5 Å². The highest BCUT2D eigenvalue weighted by Gasteiger charge is 2.45. The van der Waals surface area contributed by atoms with Gasteiger partial charge in [-0.3, -0.25) is 0 Å². The Hall–Kier alpha value is -1.49. The van der Waals surface area contributed by atoms with E-state index in [-0.39, 0.29) is 6.61 Å². The number of methoxy groups -OCH3 is 1. The lowest BCUT2D eigenvalue weighted by atomic mass is 9.97. The molecule has 0 spiro atoms. The Morgan fingerprint density at radius 3 is 2.75 bits per heavy atom. The van der Waals surface area contributed by atoms with E-state index in [1.54, 1.807) is 0 Å². The van der Waals surface area contributed by atoms with Gasteiger partial charge in [-0.2, -0.15) is 0 Å². The van der Waals surface area contributed by atoms with Crippen molar-refractivity contribution < 1.29 is 19.0 Å². The fourth-order valence-electron chi connectivity index (χ4n) is 2.77. The van der Waals surface area contributed by atoms with E-state index in [0.717, 1.165) is 16.3 Å². The smallest absolute Gasteiger partial charge is 0.159 e. The molecule has 2 aromatic rings. The summed E-state index contributed by atoms with van der Waals surface area (Å²) in [7, 11) is 1.51. The van der Waals surface area contributed by atoms with Crippen LogP contribution in [0.1, 0.15) is 11.7 Å². The maximum absolute atomic E-state index is 14.3. The van der Waals surface area contributed by atoms with Crippen molar-refractivity contribution in [3.05, 3.63) is 48.0 Å². The van der Waals surface area contributed by atoms with Gasteiger partial charge in [-0.1, -0.05) is 42.5 Å². The van der Waals surface area contributed by atoms with E-state index in [0.29, 0.717) is 0 Å². The van der Waals surface area contributed by atoms with Gasteiger partial charge in [-0.25, -0.2) is 4.39 Å². The van der Waals surface area contributed by atoms with Crippen molar-refractivity contribution in [2.45, 2.75) is 24.5 Å². The Morgan fingerprint density at radius 1 is 1.20 bits per heavy atom. The molecule has 1 fully saturated rings. The number of hydrogen-bond acceptors (Lipinski definition) is 3. The predicted molar refractivity (Wildman–Crippen MR) is 74.3 cm³/mol. The number of fused-ring (bicyclic) bond motifs is 1. The molecule has 1 aliphatic rings. The number of hydrogen-bond donors (Lipinski definition) is 1. The topological polar surface area (TPSA) is 38.7 Å². The van der Waals surface area contributed by atoms with Crippen LogP contribution in [0.2, 0.25) is 0 Å². The van der Waals surface area contributed by atoms with Crippen LogP contribution in [0.4, 0.5) is 4.39 Å². The molecule has 1 aliphatic heterocycles. The zero-order valence-corrected chi connectivity index (χ0v) is 11.2. The van der Waals surface area contributed by atoms with Crippen LogP contribution in [0.5, 0.6) is 0 Å². The number of aliphatic hydroxyl groups is 1. The number of benzene rings is 2. The van der Waals surface area contributed by atoms with Gasteiger partial charge < -0.3 is 14.6 Å². The van der Waals surface area contributed by atoms with Crippen LogP contribution in [-0.4, -0.2) is 37.2 Å². The van der Waals surface area contributed by atoms with Crippen LogP contribution < -0.4 is 0 Å². The molecule has 2 aromatic carbocycles. The predicted octanol–water partition coefficient (Wildman–Crippen LogP) is 2.63. The largest absolute Gasteiger partial charge is 0.387 e. The van der Waals surface area contributed by atoms with E-state index >= 15 is 0 Å². The van der Waals surface area contributed by atoms with E-state index in [9.17, 15) is 9.50 Å². The van der Waals surface area contributed by atoms with Gasteiger partial charge in [0.1, 0.15) is 18.3 Å². The molecule has 1 heterocycles. The van der Waals surface area contributed by atoms with Crippen molar-refractivity contribution >= 4 is 10.8 Å². The van der Waals surface area contributed by atoms with Gasteiger partial charge in [-0.15, -0.1) is 0 Å². The van der Waals surface area contributed by atoms with Crippen molar-refractivity contribution in [3.63, 3.8) is 0 Å². The average Bonchev–Trinajstić information content (AvgIpc) is 2.76. The van der Waals surface area contributed by atoms with Gasteiger partial charge in [0.25, 0.3) is 0 Å². The Balaban J connectivity index is 1.99. The van der Waals surface area contributed by atoms with Gasteiger partial charge in [0.05, 0.1) is 6.61 Å². The molecule has 0 radical (unpaired) electrons. The maximum Gasteiger partial charge on any atom is 0.159 e. The Morgan fingerprint density at radius 2 is 1.95 bits per heavy atom. The van der Waals surface area contributed by atoms with Crippen LogP contribution in [0.15, 0.2) is 42.5 Å². The first kappa shape index (κ1) is 13.5. The molecule has 0 bridgehead atoms. The lowest BCUT2D eigenvalue weighted by Gasteiger charge is -2.16. The molecule has 0 saturated carbocycles. The molecular weight excluding hydrogens is 259 g/mol. The molecular formula is C16H17FO3. The molecule has 1 N–H and O–H groups in total. The van der Waals surface area contributed by atoms with Gasteiger partial charge in [-0.05, 0) is 16.3 Å². The number of rotatable bonds is 3. The monoisotopic (exact) mass is 276 g/mol. The lowest BCUT2D eigenvalue weighted by molar-refractivity contribution is -0.0335. The molecule has 0 unspecified atom stereocenters. The fourth-order valence-corrected chi connectivity index (χ4v) is 2.77. The molecule has 0 amide bonds. The van der Waals surface area contributed by atoms with E-state index in [1.165, 1.54) is 7.11 Å². The first-order valence-electron chi connectivity index (χ1n) is 6.66. The van der Waals surface area contributed by atoms with Crippen molar-refractivity contribution in [2.24, 2.45) is 0 Å². The SMILES string of the molecule is COC[C@H]1O[C@@H](c2cccc3ccccc23)[C@H](F)[C@@H]1O. The summed E-state index contributed by atoms with van der Waals surface area (Å²) in [5.41, 5.74) is 0.772. The zero-order valence-electron chi connectivity index (χ0n) is 11.2. The van der Waals surface area contributed by atoms with Crippen LogP contribution in [-0.2, 0) is 9.47 Å². The Bertz CT molecular complexity index is 596. The van der Waals surface area contributed by atoms with Gasteiger partial charge in [0, 0.05) is 7.11 Å². The highest BCUT2D eigenvalue weighted by Crippen LogP contribution is 2.38. The number of alkyl halides is 1. The minimum atomic E-state index is -1.44. The Kier molecular flexibility index (Phi) is 3.70. The fraction of sp³-hybridized carbons (Fsp3) is 0.375. The molecule has 0 aromatic heterocycles. The summed E-state index contributed by atoms with van der Waals surface area (Å²) in [5.74, 6) is 0. The summed E-state index contributed by atoms with van der Waals surface area (Å²) < 4.78 is 25.0. The van der Waals surface area contributed by atoms with E-state index in [2.05, 4.69) is 0 Å². The van der Waals surface area contributed by atoms with Gasteiger partial charge in [0.2, 0.25) is 0 Å². The van der Waals surface area contributed by atoms with Crippen molar-refractivity contribution in [1.29, 1.82) is 0 Å². The Labute approximate surface area is 116 Å². The highest BCUT2D eigenvalue weighted by molar-refractivity contribution is 5.86. The molecule has 4 heteroatoms. The number of aliphatic hydroxyl groups excluding tert-OH is 1. The minimum absolute atomic E-state index is 0.183. The standard InChI is InChI=1S/C16H17FO3/c1-19-9-13-15(18)14(17)16(20-13)12-8-4-6-10-5-2-3-7-11(10)12/h2-8,13-16,18H,9H2,1H3/t13-,14-,15-,16+/m1/s1. The van der Waals surface area contributed by atoms with Gasteiger partial charge >= 0.3 is 0 Å². The summed E-state index contributed by atoms with van der Waals surface area (Å²) in [6.45, 7) is 0.183. The second kappa shape index (κ2) is 5.48. The molecule has 20 heavy (non-hydrogen) atoms. The van der Waals surface area contributed by atoms with E-state index in [4.69, 9.17) is 9.47 Å². The minimum Gasteiger partial charge on any atom is -0.387 e. The van der Waals surface area contributed by atoms with Crippen LogP contribution in [0.25, 0.3) is 10.8 Å². The molecule has 4 atom stereocenters. The van der Waals surface area contributed by atoms with E-state index in [1.807, 2.05) is 42.5 Å². The third-order valence-corrected chi connectivity index (χ3v) is 3.78. The molecule has 106 valence electrons. The number of halogens is 1. The average molecular weight is 276 g/mol. The van der Waals surface area contributed by atoms with Crippen LogP contribution >= 0.6 is 0 Å². The second-order valence-electron chi connectivity index (χ2n) is 5.05. The van der Waals surface area contributed by atoms with Crippen molar-refractivity contribution in [2.75, 3.05) is 13.7 Å². The molecule has 3 rings (SSSR count). The first-order valence-corrected chi connectivity index (χ1v) is 6.66. The normalized spacial score (nSPS) is 29.9. The van der Waals surface area contributed by atoms with Crippen LogP contribution in [0.3, 0.4) is 0 Å². The lowest BCUT2D eigenvalue weighted by Crippen LogP contribution is -2.30. The zero-order chi connectivity index (χ0) is 14.1. The summed E-state index contributed by atoms with van der Waals surface area (Å²) in [4.78, 5) is 0. The maximum atomic E-state index is 14.3. The van der Waals surface area contributed by atoms with Crippen LogP contribution in [0, 0.1) is 0 Å². The summed E-state index contributed by atoms with van der Waals surface area (Å²) in [5, 5.41) is 11.9. The van der Waals surface area contributed by atoms with Crippen molar-refractivity contribution in [1.82, 2.24) is 0 Å². The summed E-state index contributed by atoms with van der Waals surface area (Å²) >= 11 is 0. The first-order chi connectivity index (χ1) is 9.72.